The lowest BCUT2D eigenvalue weighted by Gasteiger charge is -2.09. The molecule has 126 valence electrons. The fourth-order valence-corrected chi connectivity index (χ4v) is 3.59. The van der Waals surface area contributed by atoms with Crippen LogP contribution in [0.15, 0.2) is 18.2 Å². The Balaban J connectivity index is 1.61. The Labute approximate surface area is 140 Å². The van der Waals surface area contributed by atoms with E-state index in [-0.39, 0.29) is 22.8 Å². The van der Waals surface area contributed by atoms with Crippen LogP contribution >= 0.6 is 11.6 Å². The quantitative estimate of drug-likeness (QED) is 0.906. The molecule has 0 saturated heterocycles. The van der Waals surface area contributed by atoms with Crippen LogP contribution in [0.1, 0.15) is 25.0 Å². The molecule has 2 heterocycles. The van der Waals surface area contributed by atoms with Crippen molar-refractivity contribution in [3.8, 4) is 11.5 Å². The third kappa shape index (κ3) is 2.90. The van der Waals surface area contributed by atoms with Crippen molar-refractivity contribution < 1.29 is 13.2 Å². The summed E-state index contributed by atoms with van der Waals surface area (Å²) < 4.78 is 38.4. The molecule has 1 unspecified atom stereocenters. The van der Waals surface area contributed by atoms with Crippen LogP contribution in [-0.2, 0) is 6.18 Å². The van der Waals surface area contributed by atoms with Gasteiger partial charge in [0.05, 0.1) is 0 Å². The van der Waals surface area contributed by atoms with E-state index in [0.29, 0.717) is 17.9 Å². The maximum absolute atomic E-state index is 12.8. The van der Waals surface area contributed by atoms with Crippen molar-refractivity contribution in [3.05, 3.63) is 29.2 Å². The van der Waals surface area contributed by atoms with Gasteiger partial charge in [-0.3, -0.25) is 0 Å². The minimum Gasteiger partial charge on any atom is -0.351 e. The fraction of sp³-hybridized carbons (Fsp3) is 0.467. The van der Waals surface area contributed by atoms with Gasteiger partial charge in [0.25, 0.3) is 0 Å². The molecule has 2 aliphatic carbocycles. The second-order valence-electron chi connectivity index (χ2n) is 6.09. The molecule has 2 aromatic heterocycles. The van der Waals surface area contributed by atoms with Gasteiger partial charge in [0.15, 0.2) is 5.82 Å². The number of aromatic nitrogens is 4. The second kappa shape index (κ2) is 5.54. The molecule has 2 aliphatic rings. The molecule has 2 aromatic rings. The SMILES string of the molecule is FC(F)(F)c1cccc(-c2nc(Cl)nc(NC3[C@H]4CCC[C@@H]34)n2)n1. The van der Waals surface area contributed by atoms with Crippen LogP contribution in [0.2, 0.25) is 5.28 Å². The Morgan fingerprint density at radius 2 is 1.79 bits per heavy atom. The van der Waals surface area contributed by atoms with Crippen LogP contribution < -0.4 is 5.32 Å². The summed E-state index contributed by atoms with van der Waals surface area (Å²) in [5.41, 5.74) is -0.990. The summed E-state index contributed by atoms with van der Waals surface area (Å²) in [4.78, 5) is 15.7. The average molecular weight is 356 g/mol. The van der Waals surface area contributed by atoms with Crippen molar-refractivity contribution >= 4 is 17.5 Å². The monoisotopic (exact) mass is 355 g/mol. The van der Waals surface area contributed by atoms with Gasteiger partial charge < -0.3 is 5.32 Å². The molecule has 5 nitrogen and oxygen atoms in total. The zero-order chi connectivity index (χ0) is 16.9. The molecule has 2 fully saturated rings. The molecule has 0 aromatic carbocycles. The van der Waals surface area contributed by atoms with Gasteiger partial charge in [0.1, 0.15) is 11.4 Å². The third-order valence-electron chi connectivity index (χ3n) is 4.58. The zero-order valence-electron chi connectivity index (χ0n) is 12.4. The number of rotatable bonds is 3. The Morgan fingerprint density at radius 1 is 1.04 bits per heavy atom. The number of fused-ring (bicyclic) bond motifs is 1. The maximum Gasteiger partial charge on any atom is 0.433 e. The Kier molecular flexibility index (Phi) is 3.59. The molecule has 3 atom stereocenters. The summed E-state index contributed by atoms with van der Waals surface area (Å²) in [6.45, 7) is 0. The summed E-state index contributed by atoms with van der Waals surface area (Å²) >= 11 is 5.90. The number of nitrogens with zero attached hydrogens (tertiary/aromatic N) is 4. The number of alkyl halides is 3. The van der Waals surface area contributed by atoms with E-state index >= 15 is 0 Å². The highest BCUT2D eigenvalue weighted by Crippen LogP contribution is 2.53. The second-order valence-corrected chi connectivity index (χ2v) is 6.42. The predicted molar refractivity (Wildman–Crippen MR) is 81.3 cm³/mol. The van der Waals surface area contributed by atoms with Gasteiger partial charge in [-0.05, 0) is 48.4 Å². The van der Waals surface area contributed by atoms with Crippen molar-refractivity contribution in [3.63, 3.8) is 0 Å². The van der Waals surface area contributed by atoms with Crippen molar-refractivity contribution in [2.75, 3.05) is 5.32 Å². The van der Waals surface area contributed by atoms with Gasteiger partial charge in [-0.25, -0.2) is 4.98 Å². The van der Waals surface area contributed by atoms with E-state index in [4.69, 9.17) is 11.6 Å². The average Bonchev–Trinajstić information content (AvgIpc) is 2.95. The molecule has 0 bridgehead atoms. The van der Waals surface area contributed by atoms with Crippen LogP contribution in [0.5, 0.6) is 0 Å². The van der Waals surface area contributed by atoms with Crippen LogP contribution in [0, 0.1) is 11.8 Å². The van der Waals surface area contributed by atoms with Crippen LogP contribution in [-0.4, -0.2) is 26.0 Å². The van der Waals surface area contributed by atoms with Gasteiger partial charge in [-0.15, -0.1) is 0 Å². The minimum atomic E-state index is -4.53. The highest BCUT2D eigenvalue weighted by molar-refractivity contribution is 6.28. The van der Waals surface area contributed by atoms with Crippen molar-refractivity contribution in [2.24, 2.45) is 11.8 Å². The molecule has 0 spiro atoms. The number of anilines is 1. The van der Waals surface area contributed by atoms with Crippen LogP contribution in [0.4, 0.5) is 19.1 Å². The van der Waals surface area contributed by atoms with Gasteiger partial charge in [-0.1, -0.05) is 12.5 Å². The summed E-state index contributed by atoms with van der Waals surface area (Å²) in [6.07, 6.45) is -0.920. The first-order valence-corrected chi connectivity index (χ1v) is 8.02. The van der Waals surface area contributed by atoms with E-state index in [1.165, 1.54) is 31.4 Å². The van der Waals surface area contributed by atoms with Crippen molar-refractivity contribution in [1.82, 2.24) is 19.9 Å². The molecular weight excluding hydrogens is 343 g/mol. The first-order valence-electron chi connectivity index (χ1n) is 7.64. The van der Waals surface area contributed by atoms with Gasteiger partial charge in [0.2, 0.25) is 11.2 Å². The largest absolute Gasteiger partial charge is 0.433 e. The topological polar surface area (TPSA) is 63.6 Å². The standard InChI is InChI=1S/C15H13ClF3N5/c16-13-22-12(9-5-2-6-10(20-9)15(17,18)19)23-14(24-13)21-11-7-3-1-4-8(7)11/h2,5-8,11H,1,3-4H2,(H,21,22,23,24)/t7-,8+,11?. The van der Waals surface area contributed by atoms with E-state index in [1.807, 2.05) is 0 Å². The molecule has 0 amide bonds. The summed E-state index contributed by atoms with van der Waals surface area (Å²) in [5, 5.41) is 3.14. The number of halogens is 4. The lowest BCUT2D eigenvalue weighted by Crippen LogP contribution is -2.13. The van der Waals surface area contributed by atoms with Crippen LogP contribution in [0.3, 0.4) is 0 Å². The van der Waals surface area contributed by atoms with Crippen molar-refractivity contribution in [1.29, 1.82) is 0 Å². The number of nitrogens with one attached hydrogen (secondary N) is 1. The van der Waals surface area contributed by atoms with E-state index in [9.17, 15) is 13.2 Å². The van der Waals surface area contributed by atoms with Gasteiger partial charge in [-0.2, -0.15) is 28.1 Å². The number of hydrogen-bond donors (Lipinski definition) is 1. The number of hydrogen-bond acceptors (Lipinski definition) is 5. The predicted octanol–water partition coefficient (Wildman–Crippen LogP) is 3.82. The van der Waals surface area contributed by atoms with Gasteiger partial charge >= 0.3 is 6.18 Å². The minimum absolute atomic E-state index is 0.00756. The molecule has 0 aliphatic heterocycles. The Morgan fingerprint density at radius 3 is 2.50 bits per heavy atom. The smallest absolute Gasteiger partial charge is 0.351 e. The van der Waals surface area contributed by atoms with E-state index in [1.54, 1.807) is 0 Å². The normalized spacial score (nSPS) is 25.4. The van der Waals surface area contributed by atoms with E-state index in [0.717, 1.165) is 6.07 Å². The molecule has 24 heavy (non-hydrogen) atoms. The van der Waals surface area contributed by atoms with Gasteiger partial charge in [0, 0.05) is 6.04 Å². The molecule has 1 N–H and O–H groups in total. The van der Waals surface area contributed by atoms with Crippen LogP contribution in [0.25, 0.3) is 11.5 Å². The third-order valence-corrected chi connectivity index (χ3v) is 4.75. The first-order chi connectivity index (χ1) is 11.4. The molecule has 9 heteroatoms. The zero-order valence-corrected chi connectivity index (χ0v) is 13.1. The molecule has 4 rings (SSSR count). The van der Waals surface area contributed by atoms with E-state index < -0.39 is 11.9 Å². The number of pyridine rings is 1. The molecule has 0 radical (unpaired) electrons. The lowest BCUT2D eigenvalue weighted by atomic mass is 10.2. The first kappa shape index (κ1) is 15.6. The highest BCUT2D eigenvalue weighted by atomic mass is 35.5. The Bertz CT molecular complexity index is 772. The summed E-state index contributed by atoms with van der Waals surface area (Å²) in [5.74, 6) is 1.57. The Hall–Kier alpha value is -1.96. The molecule has 2 saturated carbocycles. The molecular formula is C15H13ClF3N5. The maximum atomic E-state index is 12.8. The van der Waals surface area contributed by atoms with Crippen molar-refractivity contribution in [2.45, 2.75) is 31.5 Å². The summed E-state index contributed by atoms with van der Waals surface area (Å²) in [6, 6.07) is 3.90. The summed E-state index contributed by atoms with van der Waals surface area (Å²) in [7, 11) is 0. The fourth-order valence-electron chi connectivity index (χ4n) is 3.43. The lowest BCUT2D eigenvalue weighted by molar-refractivity contribution is -0.141. The highest BCUT2D eigenvalue weighted by Gasteiger charge is 2.52. The van der Waals surface area contributed by atoms with E-state index in [2.05, 4.69) is 25.3 Å².